The molecule has 11 N–H and O–H groups in total. The number of rotatable bonds is 43. The summed E-state index contributed by atoms with van der Waals surface area (Å²) in [7, 11) is 2.20. The molecule has 26 heteroatoms. The Hall–Kier alpha value is -6.97. The number of hydrogen-bond acceptors (Lipinski definition) is 18. The van der Waals surface area contributed by atoms with Crippen molar-refractivity contribution in [2.24, 2.45) is 29.6 Å². The Kier molecular flexibility index (Phi) is 34.0. The first kappa shape index (κ1) is 80.7. The summed E-state index contributed by atoms with van der Waals surface area (Å²) in [5.41, 5.74) is 4.14. The van der Waals surface area contributed by atoms with E-state index >= 15 is 0 Å². The fourth-order valence-corrected chi connectivity index (χ4v) is 13.7. The van der Waals surface area contributed by atoms with Crippen LogP contribution < -0.4 is 47.9 Å². The van der Waals surface area contributed by atoms with E-state index in [-0.39, 0.29) is 99.4 Å². The van der Waals surface area contributed by atoms with E-state index < -0.39 is 95.9 Å². The number of hydrogen-bond donors (Lipinski definition) is 12. The molecular weight excluding hydrogens is 1280 g/mol. The van der Waals surface area contributed by atoms with Crippen LogP contribution in [-0.2, 0) is 65.7 Å². The zero-order valence-electron chi connectivity index (χ0n) is 58.1. The van der Waals surface area contributed by atoms with Crippen molar-refractivity contribution in [2.75, 3.05) is 57.4 Å². The molecule has 2 aromatic rings. The zero-order valence-corrected chi connectivity index (χ0v) is 59.8. The van der Waals surface area contributed by atoms with E-state index in [0.29, 0.717) is 54.6 Å². The number of ketones is 1. The fraction of sp³-hybridized carbons (Fsp3) is 0.620. The summed E-state index contributed by atoms with van der Waals surface area (Å²) >= 11 is 5.35. The van der Waals surface area contributed by atoms with Gasteiger partial charge in [-0.3, -0.25) is 52.8 Å². The van der Waals surface area contributed by atoms with Crippen LogP contribution in [0.5, 0.6) is 0 Å². The van der Waals surface area contributed by atoms with Gasteiger partial charge in [-0.1, -0.05) is 110 Å². The number of aliphatic hydroxyl groups is 2. The maximum absolute atomic E-state index is 14.5. The summed E-state index contributed by atoms with van der Waals surface area (Å²) in [4.78, 5) is 148. The number of carbonyl (C=O) groups excluding carboxylic acids is 11. The van der Waals surface area contributed by atoms with Crippen molar-refractivity contribution in [3.63, 3.8) is 0 Å². The van der Waals surface area contributed by atoms with Crippen LogP contribution in [0.4, 0.5) is 5.69 Å². The second kappa shape index (κ2) is 40.8. The van der Waals surface area contributed by atoms with Crippen LogP contribution in [0.25, 0.3) is 5.57 Å². The van der Waals surface area contributed by atoms with Crippen LogP contribution >= 0.6 is 24.4 Å². The molecule has 3 aliphatic rings. The summed E-state index contributed by atoms with van der Waals surface area (Å²) in [5, 5.41) is 45.9. The summed E-state index contributed by atoms with van der Waals surface area (Å²) in [6, 6.07) is 9.81. The standard InChI is InChI=1S/C71H107N11O13S2/c1-11-42(5)67(80-62(87)14-4)70(94)75-37-65(90)79-58(69(93)78-53(39-83)31-64(89)74-35-47-22-25-52(26-23-47)77-68(92)45(8)76-43(6)34-73-63(88)28-29-82-66(91)33-61(96)71(82)95)41-97-46(9)56(55-21-16-15-18-48(55)12-2)32-57(59(85)13-3)72-36-50(44(7)60(86)40-84)24-27-54-30-51(38-81(54)10)49-19-17-20-49/h15-16,18,21-23,25-26,39,42,44-45,49-51,53-54,57-58,60-61,67,72,76,84,86,96H,6,11-14,17,19-20,24,27-38,40-41H2,1-5,7-10H3,(H,73,88)(H,74,89)(H,75,94)(H,77,92)(H,78,93)(H,79,90)(H,80,87)/b56-46+. The number of carbonyl (C=O) groups is 11. The van der Waals surface area contributed by atoms with Crippen LogP contribution in [0, 0.1) is 29.6 Å². The number of aldehydes is 1. The molecule has 2 saturated heterocycles. The van der Waals surface area contributed by atoms with Gasteiger partial charge < -0.3 is 67.8 Å². The van der Waals surface area contributed by atoms with Crippen molar-refractivity contribution < 1.29 is 63.0 Å². The Morgan fingerprint density at radius 3 is 2.13 bits per heavy atom. The highest BCUT2D eigenvalue weighted by molar-refractivity contribution is 8.03. The number of thioether (sulfide) groups is 1. The third-order valence-corrected chi connectivity index (χ3v) is 20.8. The van der Waals surface area contributed by atoms with Crippen LogP contribution in [0.1, 0.15) is 156 Å². The highest BCUT2D eigenvalue weighted by atomic mass is 32.2. The molecule has 24 nitrogen and oxygen atoms in total. The van der Waals surface area contributed by atoms with Crippen molar-refractivity contribution in [3.05, 3.63) is 82.4 Å². The molecule has 9 amide bonds. The summed E-state index contributed by atoms with van der Waals surface area (Å²) < 4.78 is 0. The Morgan fingerprint density at radius 2 is 1.52 bits per heavy atom. The number of aryl methyl sites for hydroxylation is 1. The fourth-order valence-electron chi connectivity index (χ4n) is 12.4. The number of Topliss-reactive ketones (excluding diaryl/α,β-unsaturated/α-hetero) is 1. The molecular formula is C71H107N11O13S2. The van der Waals surface area contributed by atoms with E-state index in [1.807, 2.05) is 58.9 Å². The second-order valence-corrected chi connectivity index (χ2v) is 28.1. The lowest BCUT2D eigenvalue weighted by Gasteiger charge is -2.31. The van der Waals surface area contributed by atoms with E-state index in [1.165, 1.54) is 31.0 Å². The monoisotopic (exact) mass is 1390 g/mol. The van der Waals surface area contributed by atoms with Crippen LogP contribution in [0.3, 0.4) is 0 Å². The summed E-state index contributed by atoms with van der Waals surface area (Å²) in [5.74, 6) is -4.00. The van der Waals surface area contributed by atoms with Gasteiger partial charge in [0.25, 0.3) is 0 Å². The molecule has 536 valence electrons. The Balaban J connectivity index is 1.27. The predicted molar refractivity (Wildman–Crippen MR) is 379 cm³/mol. The van der Waals surface area contributed by atoms with Crippen LogP contribution in [-0.4, -0.2) is 185 Å². The SMILES string of the molecule is C=C(CNC(=O)CCN1C(=O)CC(S)C1=O)NC(C)C(=O)Nc1ccc(CNC(=O)CC(C=O)NC(=O)C(CS/C(C)=C(\CC(NCC(CCC2CC(C3CCC3)CN2C)C(C)C(O)CO)C(=O)CC)c2ccccc2CC)NC(=O)CNC(=O)C(NC(=O)CC)C(C)CC)cc1. The molecule has 0 spiro atoms. The minimum Gasteiger partial charge on any atom is -0.394 e. The molecule has 2 aliphatic heterocycles. The molecule has 1 aliphatic carbocycles. The molecule has 5 rings (SSSR count). The minimum absolute atomic E-state index is 0.0122. The third-order valence-electron chi connectivity index (χ3n) is 19.2. The topological polar surface area (TPSA) is 343 Å². The number of benzene rings is 2. The Bertz CT molecular complexity index is 3070. The highest BCUT2D eigenvalue weighted by Crippen LogP contribution is 2.41. The van der Waals surface area contributed by atoms with Gasteiger partial charge in [-0.05, 0) is 128 Å². The van der Waals surface area contributed by atoms with Gasteiger partial charge >= 0.3 is 0 Å². The number of nitrogens with one attached hydrogen (secondary N) is 9. The minimum atomic E-state index is -1.35. The van der Waals surface area contributed by atoms with Gasteiger partial charge in [-0.15, -0.1) is 11.8 Å². The van der Waals surface area contributed by atoms with Gasteiger partial charge in [-0.2, -0.15) is 12.6 Å². The lowest BCUT2D eigenvalue weighted by molar-refractivity contribution is -0.139. The van der Waals surface area contributed by atoms with E-state index in [1.54, 1.807) is 45.0 Å². The maximum atomic E-state index is 14.5. The average molecular weight is 1390 g/mol. The molecule has 12 atom stereocenters. The van der Waals surface area contributed by atoms with E-state index in [2.05, 4.69) is 79.0 Å². The molecule has 0 aromatic heterocycles. The number of aliphatic hydroxyl groups excluding tert-OH is 2. The average Bonchev–Trinajstić information content (AvgIpc) is 1.81. The summed E-state index contributed by atoms with van der Waals surface area (Å²) in [6.07, 6.45) is 7.45. The molecule has 0 bridgehead atoms. The first-order valence-electron chi connectivity index (χ1n) is 34.4. The van der Waals surface area contributed by atoms with Gasteiger partial charge in [0.1, 0.15) is 30.2 Å². The lowest BCUT2D eigenvalue weighted by Crippen LogP contribution is -2.55. The van der Waals surface area contributed by atoms with Gasteiger partial charge in [0.05, 0.1) is 49.6 Å². The lowest BCUT2D eigenvalue weighted by atomic mass is 9.74. The zero-order chi connectivity index (χ0) is 71.5. The number of anilines is 1. The van der Waals surface area contributed by atoms with Gasteiger partial charge in [0.15, 0.2) is 0 Å². The number of amides is 9. The van der Waals surface area contributed by atoms with Crippen molar-refractivity contribution in [1.82, 2.24) is 52.3 Å². The molecule has 3 fully saturated rings. The Labute approximate surface area is 582 Å². The number of likely N-dealkylation sites (tertiary alicyclic amines) is 2. The van der Waals surface area contributed by atoms with Gasteiger partial charge in [0, 0.05) is 68.5 Å². The molecule has 2 aromatic carbocycles. The predicted octanol–water partition coefficient (Wildman–Crippen LogP) is 4.47. The number of imide groups is 1. The molecule has 12 unspecified atom stereocenters. The van der Waals surface area contributed by atoms with Crippen molar-refractivity contribution >= 4 is 101 Å². The molecule has 0 radical (unpaired) electrons. The summed E-state index contributed by atoms with van der Waals surface area (Å²) in [6.45, 7) is 19.0. The number of allylic oxidation sites excluding steroid dienone is 1. The van der Waals surface area contributed by atoms with E-state index in [9.17, 15) is 63.0 Å². The van der Waals surface area contributed by atoms with Crippen molar-refractivity contribution in [1.29, 1.82) is 0 Å². The van der Waals surface area contributed by atoms with Crippen molar-refractivity contribution in [3.8, 4) is 0 Å². The van der Waals surface area contributed by atoms with Gasteiger partial charge in [0.2, 0.25) is 53.2 Å². The largest absolute Gasteiger partial charge is 0.394 e. The second-order valence-electron chi connectivity index (χ2n) is 26.2. The molecule has 1 saturated carbocycles. The van der Waals surface area contributed by atoms with Crippen LogP contribution in [0.15, 0.2) is 65.7 Å². The molecule has 97 heavy (non-hydrogen) atoms. The first-order chi connectivity index (χ1) is 46.2. The number of thiol groups is 1. The van der Waals surface area contributed by atoms with Gasteiger partial charge in [-0.25, -0.2) is 0 Å². The maximum Gasteiger partial charge on any atom is 0.246 e. The normalized spacial score (nSPS) is 19.5. The quantitative estimate of drug-likeness (QED) is 0.0247. The third kappa shape index (κ3) is 25.4. The van der Waals surface area contributed by atoms with Crippen molar-refractivity contribution in [2.45, 2.75) is 199 Å². The smallest absolute Gasteiger partial charge is 0.246 e. The first-order valence-corrected chi connectivity index (χ1v) is 35.9. The molecule has 2 heterocycles. The Morgan fingerprint density at radius 1 is 0.804 bits per heavy atom. The highest BCUT2D eigenvalue weighted by Gasteiger charge is 2.39. The van der Waals surface area contributed by atoms with E-state index in [4.69, 9.17) is 0 Å². The van der Waals surface area contributed by atoms with E-state index in [0.717, 1.165) is 58.2 Å². The number of nitrogens with zero attached hydrogens (tertiary/aromatic N) is 2. The van der Waals surface area contributed by atoms with Crippen LogP contribution in [0.2, 0.25) is 0 Å².